The first-order valence-electron chi connectivity index (χ1n) is 4.78. The first kappa shape index (κ1) is 9.05. The second-order valence-electron chi connectivity index (χ2n) is 3.79. The Bertz CT molecular complexity index is 81.0. The Balaban J connectivity index is 0.000000179. The molecule has 0 atom stereocenters. The normalized spacial score (nSPS) is 24.5. The van der Waals surface area contributed by atoms with Crippen LogP contribution in [0.4, 0.5) is 0 Å². The van der Waals surface area contributed by atoms with Gasteiger partial charge in [0.15, 0.2) is 0 Å². The second kappa shape index (κ2) is 4.76. The Morgan fingerprint density at radius 3 is 1.18 bits per heavy atom. The highest BCUT2D eigenvalue weighted by atomic mass is 16.4. The third-order valence-corrected chi connectivity index (χ3v) is 2.97. The molecule has 11 heavy (non-hydrogen) atoms. The van der Waals surface area contributed by atoms with Crippen LogP contribution in [0.15, 0.2) is 0 Å². The molecule has 2 aliphatic carbocycles. The molecule has 0 aliphatic heterocycles. The molecule has 1 heteroatoms. The highest BCUT2D eigenvalue weighted by molar-refractivity contribution is 4.82. The van der Waals surface area contributed by atoms with Gasteiger partial charge in [0.2, 0.25) is 0 Å². The van der Waals surface area contributed by atoms with Gasteiger partial charge in [0, 0.05) is 14.2 Å². The molecular weight excluding hydrogens is 136 g/mol. The van der Waals surface area contributed by atoms with Crippen molar-refractivity contribution < 1.29 is 4.74 Å². The van der Waals surface area contributed by atoms with Crippen molar-refractivity contribution in [1.29, 1.82) is 0 Å². The van der Waals surface area contributed by atoms with Crippen molar-refractivity contribution in [2.75, 3.05) is 14.2 Å². The molecule has 0 unspecified atom stereocenters. The van der Waals surface area contributed by atoms with Crippen LogP contribution in [-0.2, 0) is 4.74 Å². The van der Waals surface area contributed by atoms with E-state index in [0.717, 1.165) is 0 Å². The van der Waals surface area contributed by atoms with E-state index in [1.165, 1.54) is 24.7 Å². The molecule has 2 fully saturated rings. The Labute approximate surface area is 70.1 Å². The summed E-state index contributed by atoms with van der Waals surface area (Å²) in [6.07, 6.45) is 9.30. The number of rotatable bonds is 1. The summed E-state index contributed by atoms with van der Waals surface area (Å²) in [5.41, 5.74) is 0. The topological polar surface area (TPSA) is 9.23 Å². The van der Waals surface area contributed by atoms with Crippen molar-refractivity contribution in [2.45, 2.75) is 38.5 Å². The van der Waals surface area contributed by atoms with E-state index in [2.05, 4.69) is 4.74 Å². The Hall–Kier alpha value is -0.0400. The molecule has 0 N–H and O–H groups in total. The van der Waals surface area contributed by atoms with Crippen LogP contribution >= 0.6 is 0 Å². The van der Waals surface area contributed by atoms with E-state index < -0.39 is 0 Å². The van der Waals surface area contributed by atoms with Gasteiger partial charge in [-0.2, -0.15) is 0 Å². The average Bonchev–Trinajstić information content (AvgIpc) is 1.75. The Morgan fingerprint density at radius 1 is 0.818 bits per heavy atom. The maximum Gasteiger partial charge on any atom is 0.0351 e. The molecule has 0 spiro atoms. The van der Waals surface area contributed by atoms with Crippen molar-refractivity contribution in [3.05, 3.63) is 0 Å². The van der Waals surface area contributed by atoms with Gasteiger partial charge >= 0.3 is 0 Å². The minimum absolute atomic E-state index is 1.18. The van der Waals surface area contributed by atoms with E-state index in [0.29, 0.717) is 0 Å². The smallest absolute Gasteiger partial charge is 0.0351 e. The molecule has 0 saturated heterocycles. The molecule has 0 aromatic carbocycles. The molecule has 0 radical (unpaired) electrons. The SMILES string of the molecule is C1CC(C2CCC2)C1.COC. The zero-order valence-electron chi connectivity index (χ0n) is 7.81. The lowest BCUT2D eigenvalue weighted by Crippen LogP contribution is -2.26. The summed E-state index contributed by atoms with van der Waals surface area (Å²) >= 11 is 0. The lowest BCUT2D eigenvalue weighted by atomic mass is 9.67. The minimum Gasteiger partial charge on any atom is -0.388 e. The molecule has 2 rings (SSSR count). The van der Waals surface area contributed by atoms with Gasteiger partial charge < -0.3 is 4.74 Å². The number of ether oxygens (including phenoxy) is 1. The third kappa shape index (κ3) is 2.48. The van der Waals surface area contributed by atoms with Gasteiger partial charge in [-0.25, -0.2) is 0 Å². The van der Waals surface area contributed by atoms with Gasteiger partial charge in [0.05, 0.1) is 0 Å². The van der Waals surface area contributed by atoms with Crippen LogP contribution in [0.3, 0.4) is 0 Å². The van der Waals surface area contributed by atoms with Gasteiger partial charge in [0.25, 0.3) is 0 Å². The number of hydrogen-bond acceptors (Lipinski definition) is 1. The van der Waals surface area contributed by atoms with Crippen molar-refractivity contribution >= 4 is 0 Å². The quantitative estimate of drug-likeness (QED) is 0.567. The standard InChI is InChI=1S/C8H14.C2H6O/c1-3-7(4-1)8-5-2-6-8;1-3-2/h7-8H,1-6H2;1-2H3. The van der Waals surface area contributed by atoms with Crippen molar-refractivity contribution in [3.63, 3.8) is 0 Å². The summed E-state index contributed by atoms with van der Waals surface area (Å²) in [5.74, 6) is 2.37. The Kier molecular flexibility index (Phi) is 3.92. The fourth-order valence-corrected chi connectivity index (χ4v) is 1.82. The van der Waals surface area contributed by atoms with Crippen LogP contribution in [0, 0.1) is 11.8 Å². The van der Waals surface area contributed by atoms with Gasteiger partial charge in [0.1, 0.15) is 0 Å². The largest absolute Gasteiger partial charge is 0.388 e. The second-order valence-corrected chi connectivity index (χ2v) is 3.79. The van der Waals surface area contributed by atoms with Crippen molar-refractivity contribution in [2.24, 2.45) is 11.8 Å². The molecular formula is C10H20O. The lowest BCUT2D eigenvalue weighted by Gasteiger charge is -2.39. The monoisotopic (exact) mass is 156 g/mol. The number of methoxy groups -OCH3 is 1. The van der Waals surface area contributed by atoms with Crippen molar-refractivity contribution in [3.8, 4) is 0 Å². The Morgan fingerprint density at radius 2 is 1.09 bits per heavy atom. The third-order valence-electron chi connectivity index (χ3n) is 2.97. The van der Waals surface area contributed by atoms with Crippen molar-refractivity contribution in [1.82, 2.24) is 0 Å². The predicted octanol–water partition coefficient (Wildman–Crippen LogP) is 2.85. The van der Waals surface area contributed by atoms with Crippen LogP contribution in [0.2, 0.25) is 0 Å². The summed E-state index contributed by atoms with van der Waals surface area (Å²) in [4.78, 5) is 0. The van der Waals surface area contributed by atoms with E-state index in [1.54, 1.807) is 39.9 Å². The van der Waals surface area contributed by atoms with Gasteiger partial charge in [-0.1, -0.05) is 38.5 Å². The van der Waals surface area contributed by atoms with E-state index in [9.17, 15) is 0 Å². The molecule has 0 heterocycles. The van der Waals surface area contributed by atoms with Gasteiger partial charge in [-0.05, 0) is 11.8 Å². The molecule has 2 aliphatic rings. The van der Waals surface area contributed by atoms with E-state index in [-0.39, 0.29) is 0 Å². The predicted molar refractivity (Wildman–Crippen MR) is 47.6 cm³/mol. The zero-order valence-corrected chi connectivity index (χ0v) is 7.81. The van der Waals surface area contributed by atoms with Gasteiger partial charge in [-0.15, -0.1) is 0 Å². The maximum atomic E-state index is 4.25. The molecule has 1 nitrogen and oxygen atoms in total. The highest BCUT2D eigenvalue weighted by Crippen LogP contribution is 2.43. The van der Waals surface area contributed by atoms with Crippen LogP contribution < -0.4 is 0 Å². The molecule has 66 valence electrons. The summed E-state index contributed by atoms with van der Waals surface area (Å²) < 4.78 is 4.25. The number of hydrogen-bond donors (Lipinski definition) is 0. The summed E-state index contributed by atoms with van der Waals surface area (Å²) in [5, 5.41) is 0. The minimum atomic E-state index is 1.18. The molecule has 2 saturated carbocycles. The lowest BCUT2D eigenvalue weighted by molar-refractivity contribution is 0.129. The molecule has 0 aromatic rings. The maximum absolute atomic E-state index is 4.25. The van der Waals surface area contributed by atoms with Crippen LogP contribution in [0.1, 0.15) is 38.5 Å². The zero-order chi connectivity index (χ0) is 8.10. The summed E-state index contributed by atoms with van der Waals surface area (Å²) in [7, 11) is 3.25. The molecule has 0 bridgehead atoms. The first-order valence-corrected chi connectivity index (χ1v) is 4.78. The average molecular weight is 156 g/mol. The van der Waals surface area contributed by atoms with E-state index >= 15 is 0 Å². The molecule has 0 aromatic heterocycles. The van der Waals surface area contributed by atoms with E-state index in [1.807, 2.05) is 0 Å². The van der Waals surface area contributed by atoms with E-state index in [4.69, 9.17) is 0 Å². The fourth-order valence-electron chi connectivity index (χ4n) is 1.82. The molecule has 0 amide bonds. The van der Waals surface area contributed by atoms with Crippen LogP contribution in [-0.4, -0.2) is 14.2 Å². The van der Waals surface area contributed by atoms with Crippen LogP contribution in [0.5, 0.6) is 0 Å². The fraction of sp³-hybridized carbons (Fsp3) is 1.00. The van der Waals surface area contributed by atoms with Gasteiger partial charge in [-0.3, -0.25) is 0 Å². The first-order chi connectivity index (χ1) is 5.38. The highest BCUT2D eigenvalue weighted by Gasteiger charge is 2.30. The van der Waals surface area contributed by atoms with Crippen LogP contribution in [0.25, 0.3) is 0 Å². The summed E-state index contributed by atoms with van der Waals surface area (Å²) in [6, 6.07) is 0. The summed E-state index contributed by atoms with van der Waals surface area (Å²) in [6.45, 7) is 0.